The second kappa shape index (κ2) is 7.16. The van der Waals surface area contributed by atoms with Crippen molar-refractivity contribution in [2.45, 2.75) is 6.42 Å². The van der Waals surface area contributed by atoms with Gasteiger partial charge in [-0.3, -0.25) is 10.6 Å². The van der Waals surface area contributed by atoms with Crippen molar-refractivity contribution in [1.29, 1.82) is 0 Å². The van der Waals surface area contributed by atoms with Gasteiger partial charge in [-0.05, 0) is 30.3 Å². The van der Waals surface area contributed by atoms with E-state index in [1.807, 2.05) is 36.4 Å². The number of methoxy groups -OCH3 is 1. The van der Waals surface area contributed by atoms with Crippen LogP contribution >= 0.6 is 0 Å². The average molecular weight is 364 g/mol. The molecule has 1 aromatic carbocycles. The molecule has 9 heteroatoms. The fourth-order valence-electron chi connectivity index (χ4n) is 2.57. The highest BCUT2D eigenvalue weighted by atomic mass is 16.6. The Balaban J connectivity index is 1.52. The molecular formula is C18H16N6O3. The van der Waals surface area contributed by atoms with E-state index in [-0.39, 0.29) is 0 Å². The molecule has 9 nitrogen and oxygen atoms in total. The number of ether oxygens (including phenoxy) is 1. The third kappa shape index (κ3) is 3.71. The molecule has 136 valence electrons. The van der Waals surface area contributed by atoms with Crippen molar-refractivity contribution in [2.75, 3.05) is 12.4 Å². The number of nitrogens with one attached hydrogen (secondary N) is 2. The number of imidazole rings is 1. The standard InChI is InChI=1S/C18H16N6O3/c1-26-13-5-2-4-12(10-13)14-7-8-17-19-16(11-24(17)22-14)21-18(25)20-15-6-3-9-27-23-15/h2-5,7-11H,6H2,1H3,(H2,20,21,23,25). The maximum Gasteiger partial charge on any atom is 0.325 e. The molecule has 1 aliphatic rings. The lowest BCUT2D eigenvalue weighted by Crippen LogP contribution is -2.34. The number of nitrogens with zero attached hydrogens (tertiary/aromatic N) is 4. The van der Waals surface area contributed by atoms with Gasteiger partial charge in [0, 0.05) is 12.0 Å². The highest BCUT2D eigenvalue weighted by Gasteiger charge is 2.11. The van der Waals surface area contributed by atoms with Crippen LogP contribution in [0.2, 0.25) is 0 Å². The summed E-state index contributed by atoms with van der Waals surface area (Å²) in [6.45, 7) is 0. The predicted molar refractivity (Wildman–Crippen MR) is 99.4 cm³/mol. The van der Waals surface area contributed by atoms with Crippen LogP contribution < -0.4 is 15.4 Å². The molecule has 2 aromatic heterocycles. The zero-order valence-electron chi connectivity index (χ0n) is 14.4. The number of rotatable bonds is 3. The molecule has 3 heterocycles. The van der Waals surface area contributed by atoms with Crippen LogP contribution in [0.4, 0.5) is 10.6 Å². The molecule has 2 N–H and O–H groups in total. The molecule has 0 radical (unpaired) electrons. The van der Waals surface area contributed by atoms with Crippen molar-refractivity contribution >= 4 is 23.3 Å². The summed E-state index contributed by atoms with van der Waals surface area (Å²) in [6.07, 6.45) is 5.33. The summed E-state index contributed by atoms with van der Waals surface area (Å²) in [6, 6.07) is 10.9. The lowest BCUT2D eigenvalue weighted by atomic mass is 10.1. The molecule has 0 atom stereocenters. The molecule has 0 unspecified atom stereocenters. The second-order valence-corrected chi connectivity index (χ2v) is 5.68. The van der Waals surface area contributed by atoms with Gasteiger partial charge in [-0.1, -0.05) is 17.3 Å². The summed E-state index contributed by atoms with van der Waals surface area (Å²) in [7, 11) is 1.62. The normalized spacial score (nSPS) is 13.0. The van der Waals surface area contributed by atoms with Crippen molar-refractivity contribution < 1.29 is 14.4 Å². The minimum Gasteiger partial charge on any atom is -0.497 e. The van der Waals surface area contributed by atoms with E-state index in [2.05, 4.69) is 25.9 Å². The Labute approximate surface area is 154 Å². The predicted octanol–water partition coefficient (Wildman–Crippen LogP) is 2.77. The number of carbonyl (C=O) groups is 1. The lowest BCUT2D eigenvalue weighted by molar-refractivity contribution is 0.249. The Morgan fingerprint density at radius 3 is 3.00 bits per heavy atom. The molecular weight excluding hydrogens is 348 g/mol. The van der Waals surface area contributed by atoms with Crippen molar-refractivity contribution in [1.82, 2.24) is 19.9 Å². The highest BCUT2D eigenvalue weighted by molar-refractivity contribution is 6.03. The zero-order chi connectivity index (χ0) is 18.6. The van der Waals surface area contributed by atoms with Crippen molar-refractivity contribution in [2.24, 2.45) is 5.16 Å². The molecule has 3 aromatic rings. The third-order valence-corrected chi connectivity index (χ3v) is 3.82. The van der Waals surface area contributed by atoms with Gasteiger partial charge in [-0.25, -0.2) is 14.3 Å². The monoisotopic (exact) mass is 364 g/mol. The van der Waals surface area contributed by atoms with Crippen LogP contribution in [0.25, 0.3) is 16.9 Å². The Kier molecular flexibility index (Phi) is 4.40. The van der Waals surface area contributed by atoms with E-state index in [1.165, 1.54) is 6.26 Å². The van der Waals surface area contributed by atoms with Gasteiger partial charge in [0.05, 0.1) is 19.0 Å². The number of hydrogen-bond donors (Lipinski definition) is 2. The number of carbonyl (C=O) groups excluding carboxylic acids is 1. The minimum absolute atomic E-state index is 0.371. The number of fused-ring (bicyclic) bond motifs is 1. The van der Waals surface area contributed by atoms with Crippen LogP contribution in [-0.2, 0) is 4.84 Å². The number of benzene rings is 1. The molecule has 4 rings (SSSR count). The lowest BCUT2D eigenvalue weighted by Gasteiger charge is -2.08. The first-order chi connectivity index (χ1) is 13.2. The van der Waals surface area contributed by atoms with Crippen LogP contribution in [0, 0.1) is 0 Å². The molecule has 1 aliphatic heterocycles. The Bertz CT molecular complexity index is 1060. The van der Waals surface area contributed by atoms with E-state index in [4.69, 9.17) is 9.57 Å². The third-order valence-electron chi connectivity index (χ3n) is 3.82. The molecule has 27 heavy (non-hydrogen) atoms. The molecule has 0 saturated heterocycles. The largest absolute Gasteiger partial charge is 0.497 e. The first kappa shape index (κ1) is 16.6. The summed E-state index contributed by atoms with van der Waals surface area (Å²) in [4.78, 5) is 21.2. The van der Waals surface area contributed by atoms with Gasteiger partial charge in [0.2, 0.25) is 0 Å². The van der Waals surface area contributed by atoms with Crippen molar-refractivity contribution in [3.05, 3.63) is 54.9 Å². The number of hydrogen-bond acceptors (Lipinski definition) is 6. The Morgan fingerprint density at radius 1 is 1.26 bits per heavy atom. The summed E-state index contributed by atoms with van der Waals surface area (Å²) in [5.41, 5.74) is 2.29. The van der Waals surface area contributed by atoms with Gasteiger partial charge >= 0.3 is 6.03 Å². The summed E-state index contributed by atoms with van der Waals surface area (Å²) >= 11 is 0. The zero-order valence-corrected chi connectivity index (χ0v) is 14.4. The summed E-state index contributed by atoms with van der Waals surface area (Å²) in [5.74, 6) is 1.54. The number of urea groups is 1. The molecule has 0 aliphatic carbocycles. The second-order valence-electron chi connectivity index (χ2n) is 5.68. The van der Waals surface area contributed by atoms with E-state index in [9.17, 15) is 4.79 Å². The summed E-state index contributed by atoms with van der Waals surface area (Å²) < 4.78 is 6.86. The van der Waals surface area contributed by atoms with E-state index in [0.29, 0.717) is 23.7 Å². The number of amides is 2. The topological polar surface area (TPSA) is 102 Å². The quantitative estimate of drug-likeness (QED) is 0.744. The molecule has 0 fully saturated rings. The molecule has 0 saturated carbocycles. The maximum absolute atomic E-state index is 12.1. The van der Waals surface area contributed by atoms with Crippen LogP contribution in [0.15, 0.2) is 60.1 Å². The average Bonchev–Trinajstić information content (AvgIpc) is 3.10. The van der Waals surface area contributed by atoms with E-state index >= 15 is 0 Å². The maximum atomic E-state index is 12.1. The van der Waals surface area contributed by atoms with Gasteiger partial charge in [0.25, 0.3) is 0 Å². The number of aromatic nitrogens is 3. The number of anilines is 1. The number of oxime groups is 1. The fourth-order valence-corrected chi connectivity index (χ4v) is 2.57. The minimum atomic E-state index is -0.455. The van der Waals surface area contributed by atoms with Crippen LogP contribution in [0.5, 0.6) is 5.75 Å². The molecule has 0 spiro atoms. The highest BCUT2D eigenvalue weighted by Crippen LogP contribution is 2.22. The van der Waals surface area contributed by atoms with E-state index in [1.54, 1.807) is 23.9 Å². The first-order valence-corrected chi connectivity index (χ1v) is 8.18. The first-order valence-electron chi connectivity index (χ1n) is 8.18. The van der Waals surface area contributed by atoms with Gasteiger partial charge in [-0.2, -0.15) is 5.10 Å². The van der Waals surface area contributed by atoms with E-state index < -0.39 is 6.03 Å². The van der Waals surface area contributed by atoms with Crippen LogP contribution in [0.1, 0.15) is 6.42 Å². The SMILES string of the molecule is COc1cccc(-c2ccc3nc(NC(=O)NC4=NOC=CC4)cn3n2)c1. The smallest absolute Gasteiger partial charge is 0.325 e. The molecule has 2 amide bonds. The van der Waals surface area contributed by atoms with Gasteiger partial charge < -0.3 is 9.57 Å². The van der Waals surface area contributed by atoms with E-state index in [0.717, 1.165) is 17.0 Å². The molecule has 0 bridgehead atoms. The van der Waals surface area contributed by atoms with Gasteiger partial charge in [0.15, 0.2) is 17.3 Å². The fraction of sp³-hybridized carbons (Fsp3) is 0.111. The van der Waals surface area contributed by atoms with Crippen molar-refractivity contribution in [3.63, 3.8) is 0 Å². The van der Waals surface area contributed by atoms with Gasteiger partial charge in [0.1, 0.15) is 12.0 Å². The Hall–Kier alpha value is -3.88. The summed E-state index contributed by atoms with van der Waals surface area (Å²) in [5, 5.41) is 13.5. The van der Waals surface area contributed by atoms with Gasteiger partial charge in [-0.15, -0.1) is 0 Å². The Morgan fingerprint density at radius 2 is 2.19 bits per heavy atom. The van der Waals surface area contributed by atoms with Crippen molar-refractivity contribution in [3.8, 4) is 17.0 Å². The van der Waals surface area contributed by atoms with Crippen LogP contribution in [-0.4, -0.2) is 33.6 Å². The van der Waals surface area contributed by atoms with Crippen LogP contribution in [0.3, 0.4) is 0 Å². The number of amidine groups is 1.